The van der Waals surface area contributed by atoms with Gasteiger partial charge in [-0.2, -0.15) is 0 Å². The maximum atomic E-state index is 12.9. The van der Waals surface area contributed by atoms with Crippen molar-refractivity contribution in [1.29, 1.82) is 0 Å². The van der Waals surface area contributed by atoms with Gasteiger partial charge in [-0.15, -0.1) is 0 Å². The van der Waals surface area contributed by atoms with Crippen molar-refractivity contribution in [3.05, 3.63) is 146 Å². The van der Waals surface area contributed by atoms with Crippen LogP contribution in [-0.2, 0) is 33.3 Å². The quantitative estimate of drug-likeness (QED) is 0.0195. The van der Waals surface area contributed by atoms with Gasteiger partial charge < -0.3 is 33.3 Å². The first-order chi connectivity index (χ1) is 35.6. The molecule has 0 N–H and O–H groups in total. The standard InChI is InChI=1S/C64H101NO8/c1-6-8-10-12-14-16-18-20-22-24-26-27-28-29-30-31-32-33-34-35-37-39-41-43-45-47-49-51-53-55-62(67)73-60(59-72-64(63(68)69)70-57-56-65(3,4)5)58-71-61(66)54-52-50-48-46-44-42-40-38-36-25-23-21-19-17-15-13-11-9-7-2/h8-11,14-17,20-23,26-27,29-30,32-33,35-38,41,43,60,64H,6-7,12-13,18-19,24-25,28,31,34,39-40,42,44-59H2,1-5H3/b10-8-,11-9-,16-14-,17-15-,22-20-,23-21-,27-26-,30-29-,33-32-,37-35-,38-36-,43-41-. The second-order valence-electron chi connectivity index (χ2n) is 19.1. The molecule has 0 fully saturated rings. The zero-order chi connectivity index (χ0) is 53.4. The largest absolute Gasteiger partial charge is 0.545 e. The fourth-order valence-electron chi connectivity index (χ4n) is 6.83. The molecule has 2 unspecified atom stereocenters. The van der Waals surface area contributed by atoms with E-state index in [4.69, 9.17) is 18.9 Å². The number of unbranched alkanes of at least 4 members (excludes halogenated alkanes) is 10. The van der Waals surface area contributed by atoms with Gasteiger partial charge in [-0.05, 0) is 116 Å². The third kappa shape index (κ3) is 54.8. The average Bonchev–Trinajstić information content (AvgIpc) is 3.36. The van der Waals surface area contributed by atoms with Crippen LogP contribution in [0.5, 0.6) is 0 Å². The molecular formula is C64H101NO8. The topological polar surface area (TPSA) is 111 Å². The maximum absolute atomic E-state index is 12.9. The Bertz CT molecular complexity index is 1700. The molecule has 73 heavy (non-hydrogen) atoms. The lowest BCUT2D eigenvalue weighted by Gasteiger charge is -2.26. The number of carbonyl (C=O) groups excluding carboxylic acids is 3. The Morgan fingerprint density at radius 1 is 0.411 bits per heavy atom. The van der Waals surface area contributed by atoms with Gasteiger partial charge in [0.15, 0.2) is 12.4 Å². The number of ether oxygens (including phenoxy) is 4. The second kappa shape index (κ2) is 53.5. The molecule has 2 atom stereocenters. The Hall–Kier alpha value is -4.83. The SMILES string of the molecule is CC/C=C\C/C=C\C/C=C\C/C=C\C/C=C\C/C=C\C/C=C\C/C=C\CCCCCCC(=O)OC(COC(=O)CCCCCCCC/C=C\C/C=C\C/C=C\C/C=C\CC)COC(OCC[N+](C)(C)C)C(=O)[O-]. The van der Waals surface area contributed by atoms with Crippen LogP contribution in [-0.4, -0.2) is 82.3 Å². The lowest BCUT2D eigenvalue weighted by atomic mass is 10.1. The highest BCUT2D eigenvalue weighted by atomic mass is 16.7. The van der Waals surface area contributed by atoms with Crippen molar-refractivity contribution < 1.29 is 42.9 Å². The Morgan fingerprint density at radius 2 is 0.740 bits per heavy atom. The van der Waals surface area contributed by atoms with Gasteiger partial charge in [0.1, 0.15) is 13.2 Å². The highest BCUT2D eigenvalue weighted by molar-refractivity contribution is 5.70. The van der Waals surface area contributed by atoms with Crippen molar-refractivity contribution >= 4 is 17.9 Å². The summed E-state index contributed by atoms with van der Waals surface area (Å²) in [6.07, 6.45) is 74.6. The van der Waals surface area contributed by atoms with Gasteiger partial charge >= 0.3 is 11.9 Å². The highest BCUT2D eigenvalue weighted by Crippen LogP contribution is 2.12. The fourth-order valence-corrected chi connectivity index (χ4v) is 6.83. The number of aliphatic carboxylic acids is 1. The molecule has 0 aromatic heterocycles. The summed E-state index contributed by atoms with van der Waals surface area (Å²) in [5.41, 5.74) is 0. The molecule has 0 aromatic carbocycles. The number of carboxylic acid groups (broad SMARTS) is 1. The number of rotatable bonds is 49. The van der Waals surface area contributed by atoms with E-state index in [1.54, 1.807) is 0 Å². The molecular weight excluding hydrogens is 911 g/mol. The predicted molar refractivity (Wildman–Crippen MR) is 306 cm³/mol. The van der Waals surface area contributed by atoms with Gasteiger partial charge in [0.25, 0.3) is 0 Å². The van der Waals surface area contributed by atoms with Crippen LogP contribution in [0.25, 0.3) is 0 Å². The molecule has 0 aliphatic rings. The molecule has 0 heterocycles. The number of carbonyl (C=O) groups is 3. The summed E-state index contributed by atoms with van der Waals surface area (Å²) < 4.78 is 22.6. The van der Waals surface area contributed by atoms with Crippen LogP contribution in [0.1, 0.15) is 181 Å². The van der Waals surface area contributed by atoms with Gasteiger partial charge in [-0.25, -0.2) is 0 Å². The highest BCUT2D eigenvalue weighted by Gasteiger charge is 2.22. The first kappa shape index (κ1) is 68.2. The third-order valence-electron chi connectivity index (χ3n) is 11.1. The van der Waals surface area contributed by atoms with Gasteiger partial charge in [-0.1, -0.05) is 198 Å². The summed E-state index contributed by atoms with van der Waals surface area (Å²) in [7, 11) is 5.89. The summed E-state index contributed by atoms with van der Waals surface area (Å²) in [5, 5.41) is 11.8. The summed E-state index contributed by atoms with van der Waals surface area (Å²) in [6, 6.07) is 0. The van der Waals surface area contributed by atoms with Crippen molar-refractivity contribution in [1.82, 2.24) is 0 Å². The van der Waals surface area contributed by atoms with Crippen molar-refractivity contribution in [2.75, 3.05) is 47.5 Å². The van der Waals surface area contributed by atoms with Gasteiger partial charge in [0.05, 0.1) is 40.3 Å². The number of allylic oxidation sites excluding steroid dienone is 24. The Balaban J connectivity index is 4.41. The molecule has 0 aliphatic heterocycles. The van der Waals surface area contributed by atoms with Crippen molar-refractivity contribution in [2.45, 2.75) is 193 Å². The van der Waals surface area contributed by atoms with E-state index in [2.05, 4.69) is 160 Å². The van der Waals surface area contributed by atoms with Crippen LogP contribution in [0.4, 0.5) is 0 Å². The van der Waals surface area contributed by atoms with Crippen molar-refractivity contribution in [3.8, 4) is 0 Å². The number of nitrogens with zero attached hydrogens (tertiary/aromatic N) is 1. The second-order valence-corrected chi connectivity index (χ2v) is 19.1. The number of quaternary nitrogens is 1. The van der Waals surface area contributed by atoms with Crippen LogP contribution in [0, 0.1) is 0 Å². The minimum Gasteiger partial charge on any atom is -0.545 e. The normalized spacial score (nSPS) is 13.9. The summed E-state index contributed by atoms with van der Waals surface area (Å²) in [5.74, 6) is -2.36. The van der Waals surface area contributed by atoms with Gasteiger partial charge in [0.2, 0.25) is 0 Å². The van der Waals surface area contributed by atoms with Gasteiger partial charge in [-0.3, -0.25) is 9.59 Å². The smallest absolute Gasteiger partial charge is 0.306 e. The molecule has 9 heteroatoms. The third-order valence-corrected chi connectivity index (χ3v) is 11.1. The van der Waals surface area contributed by atoms with E-state index in [1.165, 1.54) is 0 Å². The molecule has 9 nitrogen and oxygen atoms in total. The maximum Gasteiger partial charge on any atom is 0.306 e. The molecule has 0 bridgehead atoms. The molecule has 410 valence electrons. The van der Waals surface area contributed by atoms with E-state index in [-0.39, 0.29) is 38.6 Å². The molecule has 0 spiro atoms. The molecule has 0 rings (SSSR count). The van der Waals surface area contributed by atoms with E-state index >= 15 is 0 Å². The molecule has 0 saturated heterocycles. The molecule has 0 amide bonds. The van der Waals surface area contributed by atoms with Crippen LogP contribution in [0.3, 0.4) is 0 Å². The van der Waals surface area contributed by atoms with Gasteiger partial charge in [0, 0.05) is 12.8 Å². The summed E-state index contributed by atoms with van der Waals surface area (Å²) in [6.45, 7) is 4.44. The van der Waals surface area contributed by atoms with E-state index in [0.29, 0.717) is 23.9 Å². The first-order valence-corrected chi connectivity index (χ1v) is 28.0. The Labute approximate surface area is 445 Å². The van der Waals surface area contributed by atoms with E-state index in [0.717, 1.165) is 141 Å². The molecule has 0 saturated carbocycles. The van der Waals surface area contributed by atoms with E-state index in [9.17, 15) is 19.5 Å². The van der Waals surface area contributed by atoms with Crippen LogP contribution in [0.15, 0.2) is 146 Å². The number of hydrogen-bond donors (Lipinski definition) is 0. The lowest BCUT2D eigenvalue weighted by molar-refractivity contribution is -0.870. The van der Waals surface area contributed by atoms with Crippen LogP contribution >= 0.6 is 0 Å². The number of carboxylic acids is 1. The molecule has 0 aliphatic carbocycles. The van der Waals surface area contributed by atoms with Crippen molar-refractivity contribution in [3.63, 3.8) is 0 Å². The predicted octanol–water partition coefficient (Wildman–Crippen LogP) is 15.1. The van der Waals surface area contributed by atoms with Crippen LogP contribution in [0.2, 0.25) is 0 Å². The number of esters is 2. The monoisotopic (exact) mass is 1010 g/mol. The van der Waals surface area contributed by atoms with Crippen LogP contribution < -0.4 is 5.11 Å². The summed E-state index contributed by atoms with van der Waals surface area (Å²) in [4.78, 5) is 37.3. The Morgan fingerprint density at radius 3 is 1.10 bits per heavy atom. The number of likely N-dealkylation sites (N-methyl/N-ethyl adjacent to an activating group) is 1. The Kier molecular flexibility index (Phi) is 49.9. The zero-order valence-electron chi connectivity index (χ0n) is 46.4. The van der Waals surface area contributed by atoms with E-state index < -0.39 is 24.3 Å². The minimum absolute atomic E-state index is 0.130. The lowest BCUT2D eigenvalue weighted by Crippen LogP contribution is -2.44. The molecule has 0 aromatic rings. The minimum atomic E-state index is -1.64. The zero-order valence-corrected chi connectivity index (χ0v) is 46.4. The number of hydrogen-bond acceptors (Lipinski definition) is 8. The molecule has 0 radical (unpaired) electrons. The summed E-state index contributed by atoms with van der Waals surface area (Å²) >= 11 is 0. The van der Waals surface area contributed by atoms with Crippen molar-refractivity contribution in [2.24, 2.45) is 0 Å². The first-order valence-electron chi connectivity index (χ1n) is 28.0. The fraction of sp³-hybridized carbons (Fsp3) is 0.578. The average molecular weight is 1010 g/mol. The van der Waals surface area contributed by atoms with E-state index in [1.807, 2.05) is 21.1 Å².